The van der Waals surface area contributed by atoms with Crippen molar-refractivity contribution in [3.05, 3.63) is 87.6 Å². The Hall–Kier alpha value is -3.86. The molecule has 1 aromatic heterocycles. The van der Waals surface area contributed by atoms with Gasteiger partial charge in [0.15, 0.2) is 5.76 Å². The summed E-state index contributed by atoms with van der Waals surface area (Å²) in [7, 11) is 1.30. The second-order valence-electron chi connectivity index (χ2n) is 9.36. The summed E-state index contributed by atoms with van der Waals surface area (Å²) in [6.07, 6.45) is 0. The van der Waals surface area contributed by atoms with E-state index < -0.39 is 29.5 Å². The second kappa shape index (κ2) is 11.5. The number of thiazole rings is 1. The number of ether oxygens (including phenoxy) is 2. The predicted molar refractivity (Wildman–Crippen MR) is 146 cm³/mol. The molecule has 0 bridgehead atoms. The maximum atomic E-state index is 14.0. The number of aliphatic hydroxyl groups is 1. The number of aromatic nitrogens is 1. The third-order valence-corrected chi connectivity index (χ3v) is 8.19. The molecule has 3 aromatic rings. The van der Waals surface area contributed by atoms with Gasteiger partial charge in [-0.3, -0.25) is 14.5 Å². The van der Waals surface area contributed by atoms with Gasteiger partial charge >= 0.3 is 5.97 Å². The summed E-state index contributed by atoms with van der Waals surface area (Å²) in [5.74, 6) is -2.08. The van der Waals surface area contributed by atoms with Crippen molar-refractivity contribution in [2.75, 3.05) is 46.5 Å². The number of hydrogen-bond acceptors (Lipinski definition) is 9. The Kier molecular flexibility index (Phi) is 7.87. The highest BCUT2D eigenvalue weighted by atomic mass is 32.1. The van der Waals surface area contributed by atoms with Gasteiger partial charge in [0.05, 0.1) is 48.1 Å². The van der Waals surface area contributed by atoms with Crippen LogP contribution in [0, 0.1) is 6.92 Å². The first kappa shape index (κ1) is 26.7. The number of ketones is 1. The number of morpholine rings is 1. The molecule has 1 unspecified atom stereocenters. The molecule has 0 aliphatic carbocycles. The van der Waals surface area contributed by atoms with Gasteiger partial charge in [-0.2, -0.15) is 0 Å². The SMILES string of the molecule is COC(=O)c1ccc(C2C(C(=O)c3sc(-c4ccccc4)nc3C)=C(O)C(=O)N2CCN2CCOCC2)cc1. The fraction of sp³-hybridized carbons (Fsp3) is 0.310. The number of hydrogen-bond donors (Lipinski definition) is 1. The highest BCUT2D eigenvalue weighted by molar-refractivity contribution is 7.17. The van der Waals surface area contributed by atoms with Crippen molar-refractivity contribution < 1.29 is 29.0 Å². The summed E-state index contributed by atoms with van der Waals surface area (Å²) in [5, 5.41) is 11.8. The zero-order chi connectivity index (χ0) is 27.5. The molecule has 1 amide bonds. The fourth-order valence-electron chi connectivity index (χ4n) is 4.89. The van der Waals surface area contributed by atoms with Crippen molar-refractivity contribution in [2.45, 2.75) is 13.0 Å². The highest BCUT2D eigenvalue weighted by Crippen LogP contribution is 2.41. The smallest absolute Gasteiger partial charge is 0.337 e. The summed E-state index contributed by atoms with van der Waals surface area (Å²) < 4.78 is 10.2. The molecule has 10 heteroatoms. The van der Waals surface area contributed by atoms with E-state index in [1.807, 2.05) is 30.3 Å². The second-order valence-corrected chi connectivity index (χ2v) is 10.4. The van der Waals surface area contributed by atoms with Gasteiger partial charge in [-0.25, -0.2) is 9.78 Å². The Morgan fingerprint density at radius 3 is 2.44 bits per heavy atom. The third kappa shape index (κ3) is 5.36. The number of rotatable bonds is 8. The van der Waals surface area contributed by atoms with Crippen LogP contribution in [0.4, 0.5) is 0 Å². The number of carbonyl (C=O) groups excluding carboxylic acids is 3. The summed E-state index contributed by atoms with van der Waals surface area (Å²) in [6, 6.07) is 15.3. The standard InChI is InChI=1S/C29H29N3O6S/c1-18-26(39-27(30-18)20-6-4-3-5-7-20)24(33)22-23(19-8-10-21(11-9-19)29(36)37-2)32(28(35)25(22)34)13-12-31-14-16-38-17-15-31/h3-11,23,34H,12-17H2,1-2H3. The van der Waals surface area contributed by atoms with E-state index in [4.69, 9.17) is 9.47 Å². The van der Waals surface area contributed by atoms with Crippen molar-refractivity contribution in [1.82, 2.24) is 14.8 Å². The molecule has 202 valence electrons. The zero-order valence-corrected chi connectivity index (χ0v) is 22.6. The van der Waals surface area contributed by atoms with Gasteiger partial charge in [-0.05, 0) is 24.6 Å². The van der Waals surface area contributed by atoms with Crippen molar-refractivity contribution in [3.63, 3.8) is 0 Å². The molecule has 5 rings (SSSR count). The van der Waals surface area contributed by atoms with Gasteiger partial charge in [0, 0.05) is 31.7 Å². The number of esters is 1. The van der Waals surface area contributed by atoms with E-state index in [2.05, 4.69) is 9.88 Å². The third-order valence-electron chi connectivity index (χ3n) is 6.98. The monoisotopic (exact) mass is 547 g/mol. The number of methoxy groups -OCH3 is 1. The molecule has 0 spiro atoms. The molecule has 1 fully saturated rings. The normalized spacial score (nSPS) is 18.1. The molecule has 0 radical (unpaired) electrons. The van der Waals surface area contributed by atoms with Gasteiger partial charge in [0.1, 0.15) is 5.01 Å². The van der Waals surface area contributed by atoms with Crippen LogP contribution in [0.3, 0.4) is 0 Å². The van der Waals surface area contributed by atoms with E-state index in [0.717, 1.165) is 18.7 Å². The minimum atomic E-state index is -0.820. The lowest BCUT2D eigenvalue weighted by Gasteiger charge is -2.31. The molecular formula is C29H29N3O6S. The summed E-state index contributed by atoms with van der Waals surface area (Å²) in [6.45, 7) is 5.35. The highest BCUT2D eigenvalue weighted by Gasteiger charge is 2.44. The average molecular weight is 548 g/mol. The van der Waals surface area contributed by atoms with Crippen molar-refractivity contribution in [1.29, 1.82) is 0 Å². The molecule has 9 nitrogen and oxygen atoms in total. The Morgan fingerprint density at radius 2 is 1.77 bits per heavy atom. The van der Waals surface area contributed by atoms with Crippen molar-refractivity contribution in [3.8, 4) is 10.6 Å². The molecule has 0 saturated carbocycles. The van der Waals surface area contributed by atoms with Crippen LogP contribution in [0.5, 0.6) is 0 Å². The molecule has 2 aliphatic heterocycles. The summed E-state index contributed by atoms with van der Waals surface area (Å²) in [4.78, 5) is 48.0. The fourth-order valence-corrected chi connectivity index (χ4v) is 5.92. The Labute approximate surface area is 230 Å². The number of amides is 1. The molecule has 1 N–H and O–H groups in total. The average Bonchev–Trinajstić information content (AvgIpc) is 3.49. The lowest BCUT2D eigenvalue weighted by molar-refractivity contribution is -0.129. The summed E-state index contributed by atoms with van der Waals surface area (Å²) >= 11 is 1.24. The van der Waals surface area contributed by atoms with E-state index in [0.29, 0.717) is 53.0 Å². The minimum Gasteiger partial charge on any atom is -0.503 e. The van der Waals surface area contributed by atoms with Gasteiger partial charge in [-0.15, -0.1) is 11.3 Å². The largest absolute Gasteiger partial charge is 0.503 e. The topological polar surface area (TPSA) is 109 Å². The number of aryl methyl sites for hydroxylation is 1. The zero-order valence-electron chi connectivity index (χ0n) is 21.8. The van der Waals surface area contributed by atoms with Gasteiger partial charge in [-0.1, -0.05) is 42.5 Å². The van der Waals surface area contributed by atoms with Crippen LogP contribution in [0.15, 0.2) is 65.9 Å². The molecule has 2 aliphatic rings. The number of carbonyl (C=O) groups is 3. The molecule has 1 saturated heterocycles. The quantitative estimate of drug-likeness (QED) is 0.335. The minimum absolute atomic E-state index is 0.0131. The van der Waals surface area contributed by atoms with Gasteiger partial charge < -0.3 is 19.5 Å². The molecule has 39 heavy (non-hydrogen) atoms. The lowest BCUT2D eigenvalue weighted by atomic mass is 9.94. The van der Waals surface area contributed by atoms with Crippen LogP contribution < -0.4 is 0 Å². The number of nitrogens with zero attached hydrogens (tertiary/aromatic N) is 3. The maximum absolute atomic E-state index is 14.0. The van der Waals surface area contributed by atoms with Crippen LogP contribution in [-0.4, -0.2) is 84.1 Å². The van der Waals surface area contributed by atoms with Crippen LogP contribution in [0.2, 0.25) is 0 Å². The molecule has 2 aromatic carbocycles. The van der Waals surface area contributed by atoms with E-state index >= 15 is 0 Å². The van der Waals surface area contributed by atoms with Crippen LogP contribution in [0.1, 0.15) is 37.3 Å². The summed E-state index contributed by atoms with van der Waals surface area (Å²) in [5.41, 5.74) is 2.38. The van der Waals surface area contributed by atoms with Crippen molar-refractivity contribution >= 4 is 29.0 Å². The van der Waals surface area contributed by atoms with E-state index in [1.54, 1.807) is 31.2 Å². The number of Topliss-reactive ketones (excluding diaryl/α,β-unsaturated/α-hetero) is 1. The van der Waals surface area contributed by atoms with E-state index in [1.165, 1.54) is 23.3 Å². The van der Waals surface area contributed by atoms with Crippen molar-refractivity contribution in [2.24, 2.45) is 0 Å². The predicted octanol–water partition coefficient (Wildman–Crippen LogP) is 3.82. The number of benzene rings is 2. The molecule has 1 atom stereocenters. The van der Waals surface area contributed by atoms with E-state index in [9.17, 15) is 19.5 Å². The molecule has 3 heterocycles. The maximum Gasteiger partial charge on any atom is 0.337 e. The first-order valence-electron chi connectivity index (χ1n) is 12.7. The van der Waals surface area contributed by atoms with E-state index in [-0.39, 0.29) is 5.57 Å². The van der Waals surface area contributed by atoms with Crippen LogP contribution in [-0.2, 0) is 14.3 Å². The Morgan fingerprint density at radius 1 is 1.08 bits per heavy atom. The first-order valence-corrected chi connectivity index (χ1v) is 13.5. The lowest BCUT2D eigenvalue weighted by Crippen LogP contribution is -2.43. The van der Waals surface area contributed by atoms with Crippen LogP contribution in [0.25, 0.3) is 10.6 Å². The first-order chi connectivity index (χ1) is 18.9. The Bertz CT molecular complexity index is 1410. The van der Waals surface area contributed by atoms with Crippen LogP contribution >= 0.6 is 11.3 Å². The Balaban J connectivity index is 1.51. The molecular weight excluding hydrogens is 518 g/mol. The number of aliphatic hydroxyl groups excluding tert-OH is 1. The van der Waals surface area contributed by atoms with Gasteiger partial charge in [0.2, 0.25) is 5.78 Å². The van der Waals surface area contributed by atoms with Gasteiger partial charge in [0.25, 0.3) is 5.91 Å².